The second-order valence-electron chi connectivity index (χ2n) is 4.73. The number of thioether (sulfide) groups is 1. The van der Waals surface area contributed by atoms with E-state index >= 15 is 0 Å². The van der Waals surface area contributed by atoms with Gasteiger partial charge in [0, 0.05) is 18.3 Å². The summed E-state index contributed by atoms with van der Waals surface area (Å²) in [7, 11) is 0. The van der Waals surface area contributed by atoms with Gasteiger partial charge in [0.25, 0.3) is 0 Å². The van der Waals surface area contributed by atoms with E-state index in [-0.39, 0.29) is 5.60 Å². The van der Waals surface area contributed by atoms with E-state index in [1.54, 1.807) is 0 Å². The van der Waals surface area contributed by atoms with Crippen molar-refractivity contribution >= 4 is 11.8 Å². The predicted molar refractivity (Wildman–Crippen MR) is 61.8 cm³/mol. The number of rotatable bonds is 3. The zero-order valence-electron chi connectivity index (χ0n) is 8.80. The number of nitrogens with one attached hydrogen (secondary N) is 1. The van der Waals surface area contributed by atoms with E-state index in [1.165, 1.54) is 37.2 Å². The quantitative estimate of drug-likeness (QED) is 0.752. The second kappa shape index (κ2) is 4.86. The molecule has 0 amide bonds. The Labute approximate surface area is 90.8 Å². The minimum absolute atomic E-state index is 0.373. The molecule has 1 saturated heterocycles. The zero-order chi connectivity index (χ0) is 9.86. The van der Waals surface area contributed by atoms with Crippen molar-refractivity contribution < 1.29 is 5.11 Å². The molecule has 1 heterocycles. The molecule has 1 unspecified atom stereocenters. The van der Waals surface area contributed by atoms with Crippen molar-refractivity contribution in [3.8, 4) is 0 Å². The molecule has 1 aliphatic carbocycles. The van der Waals surface area contributed by atoms with Crippen LogP contribution in [0.3, 0.4) is 0 Å². The summed E-state index contributed by atoms with van der Waals surface area (Å²) < 4.78 is 0. The predicted octanol–water partition coefficient (Wildman–Crippen LogP) is 1.78. The first-order valence-electron chi connectivity index (χ1n) is 5.82. The van der Waals surface area contributed by atoms with Crippen molar-refractivity contribution in [3.05, 3.63) is 0 Å². The molecule has 14 heavy (non-hydrogen) atoms. The SMILES string of the molecule is OC1(CNC2CCCSC2)CCCC1. The van der Waals surface area contributed by atoms with Crippen molar-refractivity contribution in [3.63, 3.8) is 0 Å². The maximum Gasteiger partial charge on any atom is 0.0771 e. The van der Waals surface area contributed by atoms with E-state index in [4.69, 9.17) is 0 Å². The first-order valence-corrected chi connectivity index (χ1v) is 6.98. The van der Waals surface area contributed by atoms with E-state index in [9.17, 15) is 5.11 Å². The highest BCUT2D eigenvalue weighted by molar-refractivity contribution is 7.99. The molecule has 0 aromatic heterocycles. The van der Waals surface area contributed by atoms with Gasteiger partial charge < -0.3 is 10.4 Å². The maximum atomic E-state index is 10.2. The molecule has 1 saturated carbocycles. The molecule has 0 bridgehead atoms. The molecule has 0 aromatic rings. The Morgan fingerprint density at radius 2 is 2.07 bits per heavy atom. The van der Waals surface area contributed by atoms with E-state index in [2.05, 4.69) is 5.32 Å². The molecule has 0 spiro atoms. The highest BCUT2D eigenvalue weighted by Crippen LogP contribution is 2.29. The smallest absolute Gasteiger partial charge is 0.0771 e. The summed E-state index contributed by atoms with van der Waals surface area (Å²) in [5.74, 6) is 2.55. The molecule has 1 aliphatic heterocycles. The van der Waals surface area contributed by atoms with E-state index in [0.29, 0.717) is 6.04 Å². The molecule has 2 aliphatic rings. The number of aliphatic hydroxyl groups is 1. The van der Waals surface area contributed by atoms with Crippen LogP contribution in [-0.4, -0.2) is 34.8 Å². The summed E-state index contributed by atoms with van der Waals surface area (Å²) in [6.07, 6.45) is 7.04. The van der Waals surface area contributed by atoms with Crippen molar-refractivity contribution in [2.75, 3.05) is 18.1 Å². The average Bonchev–Trinajstić information content (AvgIpc) is 2.65. The van der Waals surface area contributed by atoms with Gasteiger partial charge in [0.05, 0.1) is 5.60 Å². The molecular formula is C11H21NOS. The van der Waals surface area contributed by atoms with Gasteiger partial charge in [-0.3, -0.25) is 0 Å². The molecule has 2 nitrogen and oxygen atoms in total. The van der Waals surface area contributed by atoms with Crippen LogP contribution in [0, 0.1) is 0 Å². The van der Waals surface area contributed by atoms with Crippen molar-refractivity contribution in [1.29, 1.82) is 0 Å². The lowest BCUT2D eigenvalue weighted by atomic mass is 10.0. The fraction of sp³-hybridized carbons (Fsp3) is 1.00. The van der Waals surface area contributed by atoms with Gasteiger partial charge in [-0.15, -0.1) is 0 Å². The van der Waals surface area contributed by atoms with Gasteiger partial charge >= 0.3 is 0 Å². The lowest BCUT2D eigenvalue weighted by molar-refractivity contribution is 0.0452. The maximum absolute atomic E-state index is 10.2. The van der Waals surface area contributed by atoms with Gasteiger partial charge in [-0.2, -0.15) is 11.8 Å². The Balaban J connectivity index is 1.70. The Morgan fingerprint density at radius 1 is 1.29 bits per heavy atom. The summed E-state index contributed by atoms with van der Waals surface area (Å²) in [5.41, 5.74) is -0.373. The van der Waals surface area contributed by atoms with Gasteiger partial charge in [-0.25, -0.2) is 0 Å². The van der Waals surface area contributed by atoms with Gasteiger partial charge in [-0.1, -0.05) is 12.8 Å². The minimum atomic E-state index is -0.373. The highest BCUT2D eigenvalue weighted by Gasteiger charge is 2.31. The van der Waals surface area contributed by atoms with Crippen molar-refractivity contribution in [1.82, 2.24) is 5.32 Å². The molecule has 3 heteroatoms. The van der Waals surface area contributed by atoms with Crippen LogP contribution in [0.2, 0.25) is 0 Å². The summed E-state index contributed by atoms with van der Waals surface area (Å²) in [4.78, 5) is 0. The third-order valence-electron chi connectivity index (χ3n) is 3.41. The van der Waals surface area contributed by atoms with Crippen molar-refractivity contribution in [2.24, 2.45) is 0 Å². The Bertz CT molecular complexity index is 174. The highest BCUT2D eigenvalue weighted by atomic mass is 32.2. The first-order chi connectivity index (χ1) is 6.79. The van der Waals surface area contributed by atoms with Gasteiger partial charge in [0.1, 0.15) is 0 Å². The van der Waals surface area contributed by atoms with Gasteiger partial charge in [0.15, 0.2) is 0 Å². The zero-order valence-corrected chi connectivity index (χ0v) is 9.61. The van der Waals surface area contributed by atoms with E-state index < -0.39 is 0 Å². The fourth-order valence-corrected chi connectivity index (χ4v) is 3.55. The van der Waals surface area contributed by atoms with E-state index in [0.717, 1.165) is 19.4 Å². The number of hydrogen-bond donors (Lipinski definition) is 2. The molecule has 2 fully saturated rings. The third kappa shape index (κ3) is 2.88. The van der Waals surface area contributed by atoms with Crippen LogP contribution < -0.4 is 5.32 Å². The minimum Gasteiger partial charge on any atom is -0.389 e. The lowest BCUT2D eigenvalue weighted by Gasteiger charge is -2.28. The van der Waals surface area contributed by atoms with Crippen molar-refractivity contribution in [2.45, 2.75) is 50.2 Å². The second-order valence-corrected chi connectivity index (χ2v) is 5.88. The summed E-state index contributed by atoms with van der Waals surface area (Å²) in [6, 6.07) is 0.651. The third-order valence-corrected chi connectivity index (χ3v) is 4.63. The fourth-order valence-electron chi connectivity index (χ4n) is 2.45. The van der Waals surface area contributed by atoms with Crippen LogP contribution in [0.4, 0.5) is 0 Å². The molecule has 1 atom stereocenters. The van der Waals surface area contributed by atoms with Crippen LogP contribution in [-0.2, 0) is 0 Å². The molecule has 2 rings (SSSR count). The van der Waals surface area contributed by atoms with Crippen LogP contribution in [0.25, 0.3) is 0 Å². The normalized spacial score (nSPS) is 31.9. The lowest BCUT2D eigenvalue weighted by Crippen LogP contribution is -2.44. The molecule has 82 valence electrons. The Morgan fingerprint density at radius 3 is 2.71 bits per heavy atom. The standard InChI is InChI=1S/C11H21NOS/c13-11(5-1-2-6-11)9-12-10-4-3-7-14-8-10/h10,12-13H,1-9H2. The number of hydrogen-bond acceptors (Lipinski definition) is 3. The summed E-state index contributed by atoms with van der Waals surface area (Å²) in [6.45, 7) is 0.818. The summed E-state index contributed by atoms with van der Waals surface area (Å²) >= 11 is 2.04. The van der Waals surface area contributed by atoms with Gasteiger partial charge in [-0.05, 0) is 31.4 Å². The molecule has 0 radical (unpaired) electrons. The largest absolute Gasteiger partial charge is 0.389 e. The molecular weight excluding hydrogens is 194 g/mol. The van der Waals surface area contributed by atoms with Crippen LogP contribution in [0.15, 0.2) is 0 Å². The Kier molecular flexibility index (Phi) is 3.74. The monoisotopic (exact) mass is 215 g/mol. The molecule has 0 aromatic carbocycles. The summed E-state index contributed by atoms with van der Waals surface area (Å²) in [5, 5.41) is 13.7. The van der Waals surface area contributed by atoms with E-state index in [1.807, 2.05) is 11.8 Å². The molecule has 2 N–H and O–H groups in total. The van der Waals surface area contributed by atoms with Gasteiger partial charge in [0.2, 0.25) is 0 Å². The topological polar surface area (TPSA) is 32.3 Å². The van der Waals surface area contributed by atoms with Crippen LogP contribution >= 0.6 is 11.8 Å². The Hall–Kier alpha value is 0.270. The first kappa shape index (κ1) is 10.8. The average molecular weight is 215 g/mol. The van der Waals surface area contributed by atoms with Crippen LogP contribution in [0.5, 0.6) is 0 Å². The van der Waals surface area contributed by atoms with Crippen LogP contribution in [0.1, 0.15) is 38.5 Å².